The number of carbonyl (C=O) groups excluding carboxylic acids is 1. The standard InChI is InChI=1S/C13H21N3O2/c1-5-7-16(9-12(17)18-6-2)13-14-10(3)8-11(4)15-13/h8H,5-7,9H2,1-4H3. The number of hydrogen-bond donors (Lipinski definition) is 0. The van der Waals surface area contributed by atoms with Gasteiger partial charge < -0.3 is 9.64 Å². The van der Waals surface area contributed by atoms with Crippen molar-refractivity contribution in [3.63, 3.8) is 0 Å². The molecular weight excluding hydrogens is 230 g/mol. The van der Waals surface area contributed by atoms with Gasteiger partial charge in [-0.1, -0.05) is 6.92 Å². The predicted molar refractivity (Wildman–Crippen MR) is 70.6 cm³/mol. The zero-order chi connectivity index (χ0) is 13.5. The largest absolute Gasteiger partial charge is 0.465 e. The molecule has 0 aliphatic heterocycles. The predicted octanol–water partition coefficient (Wildman–Crippen LogP) is 1.87. The Morgan fingerprint density at radius 2 is 1.89 bits per heavy atom. The summed E-state index contributed by atoms with van der Waals surface area (Å²) < 4.78 is 4.96. The molecule has 0 amide bonds. The van der Waals surface area contributed by atoms with E-state index in [9.17, 15) is 4.79 Å². The van der Waals surface area contributed by atoms with Crippen LogP contribution in [0.5, 0.6) is 0 Å². The molecule has 5 heteroatoms. The summed E-state index contributed by atoms with van der Waals surface area (Å²) >= 11 is 0. The van der Waals surface area contributed by atoms with Crippen molar-refractivity contribution >= 4 is 11.9 Å². The first kappa shape index (κ1) is 14.4. The summed E-state index contributed by atoms with van der Waals surface area (Å²) in [6.07, 6.45) is 0.926. The molecule has 1 aromatic rings. The Morgan fingerprint density at radius 3 is 2.39 bits per heavy atom. The SMILES string of the molecule is CCCN(CC(=O)OCC)c1nc(C)cc(C)n1. The maximum atomic E-state index is 11.6. The molecule has 1 aromatic heterocycles. The molecule has 0 unspecified atom stereocenters. The second-order valence-electron chi connectivity index (χ2n) is 4.18. The van der Waals surface area contributed by atoms with E-state index in [1.165, 1.54) is 0 Å². The van der Waals surface area contributed by atoms with Crippen LogP contribution in [0.4, 0.5) is 5.95 Å². The second-order valence-corrected chi connectivity index (χ2v) is 4.18. The fraction of sp³-hybridized carbons (Fsp3) is 0.615. The van der Waals surface area contributed by atoms with Crippen LogP contribution < -0.4 is 4.90 Å². The van der Waals surface area contributed by atoms with Gasteiger partial charge in [0.1, 0.15) is 6.54 Å². The van der Waals surface area contributed by atoms with Crippen LogP contribution >= 0.6 is 0 Å². The van der Waals surface area contributed by atoms with Gasteiger partial charge in [0.05, 0.1) is 6.61 Å². The van der Waals surface area contributed by atoms with Crippen molar-refractivity contribution in [3.8, 4) is 0 Å². The van der Waals surface area contributed by atoms with Crippen molar-refractivity contribution in [2.75, 3.05) is 24.6 Å². The Hall–Kier alpha value is -1.65. The highest BCUT2D eigenvalue weighted by molar-refractivity contribution is 5.74. The number of esters is 1. The van der Waals surface area contributed by atoms with Crippen molar-refractivity contribution in [1.29, 1.82) is 0 Å². The molecule has 1 rings (SSSR count). The third kappa shape index (κ3) is 4.31. The van der Waals surface area contributed by atoms with Crippen molar-refractivity contribution in [2.24, 2.45) is 0 Å². The molecule has 0 aliphatic carbocycles. The molecule has 0 saturated heterocycles. The molecule has 0 atom stereocenters. The van der Waals surface area contributed by atoms with Crippen LogP contribution in [0.2, 0.25) is 0 Å². The lowest BCUT2D eigenvalue weighted by Crippen LogP contribution is -2.33. The van der Waals surface area contributed by atoms with Gasteiger partial charge in [-0.3, -0.25) is 4.79 Å². The van der Waals surface area contributed by atoms with E-state index < -0.39 is 0 Å². The van der Waals surface area contributed by atoms with E-state index in [1.807, 2.05) is 24.8 Å². The summed E-state index contributed by atoms with van der Waals surface area (Å²) in [5.41, 5.74) is 1.81. The molecule has 0 saturated carbocycles. The van der Waals surface area contributed by atoms with E-state index in [0.29, 0.717) is 12.6 Å². The number of aromatic nitrogens is 2. The quantitative estimate of drug-likeness (QED) is 0.722. The summed E-state index contributed by atoms with van der Waals surface area (Å²) in [6, 6.07) is 1.91. The third-order valence-corrected chi connectivity index (χ3v) is 2.37. The molecule has 100 valence electrons. The van der Waals surface area contributed by atoms with Gasteiger partial charge in [0.15, 0.2) is 0 Å². The molecule has 0 fully saturated rings. The molecule has 18 heavy (non-hydrogen) atoms. The minimum atomic E-state index is -0.242. The summed E-state index contributed by atoms with van der Waals surface area (Å²) in [5, 5.41) is 0. The highest BCUT2D eigenvalue weighted by Crippen LogP contribution is 2.10. The van der Waals surface area contributed by atoms with Gasteiger partial charge in [0.25, 0.3) is 0 Å². The van der Waals surface area contributed by atoms with Crippen LogP contribution in [0.3, 0.4) is 0 Å². The molecule has 0 radical (unpaired) electrons. The molecule has 0 aromatic carbocycles. The van der Waals surface area contributed by atoms with Gasteiger partial charge in [-0.15, -0.1) is 0 Å². The van der Waals surface area contributed by atoms with Crippen molar-refractivity contribution in [2.45, 2.75) is 34.1 Å². The first-order valence-corrected chi connectivity index (χ1v) is 6.29. The zero-order valence-corrected chi connectivity index (χ0v) is 11.6. The van der Waals surface area contributed by atoms with Crippen LogP contribution in [0, 0.1) is 13.8 Å². The van der Waals surface area contributed by atoms with E-state index in [1.54, 1.807) is 6.92 Å². The van der Waals surface area contributed by atoms with E-state index in [0.717, 1.165) is 24.4 Å². The molecule has 0 bridgehead atoms. The number of ether oxygens (including phenoxy) is 1. The Kier molecular flexibility index (Phi) is 5.55. The van der Waals surface area contributed by atoms with E-state index >= 15 is 0 Å². The number of aryl methyl sites for hydroxylation is 2. The first-order valence-electron chi connectivity index (χ1n) is 6.29. The fourth-order valence-electron chi connectivity index (χ4n) is 1.73. The second kappa shape index (κ2) is 6.93. The molecule has 0 spiro atoms. The maximum absolute atomic E-state index is 11.6. The number of carbonyl (C=O) groups is 1. The Morgan fingerprint density at radius 1 is 1.28 bits per heavy atom. The van der Waals surface area contributed by atoms with Gasteiger partial charge >= 0.3 is 5.97 Å². The van der Waals surface area contributed by atoms with Crippen LogP contribution in [0.25, 0.3) is 0 Å². The van der Waals surface area contributed by atoms with Gasteiger partial charge in [-0.25, -0.2) is 9.97 Å². The monoisotopic (exact) mass is 251 g/mol. The third-order valence-electron chi connectivity index (χ3n) is 2.37. The average Bonchev–Trinajstić information content (AvgIpc) is 2.27. The Balaban J connectivity index is 2.85. The van der Waals surface area contributed by atoms with Crippen molar-refractivity contribution in [1.82, 2.24) is 9.97 Å². The number of hydrogen-bond acceptors (Lipinski definition) is 5. The molecule has 1 heterocycles. The number of rotatable bonds is 6. The summed E-state index contributed by atoms with van der Waals surface area (Å²) in [6.45, 7) is 9.04. The zero-order valence-electron chi connectivity index (χ0n) is 11.6. The Labute approximate surface area is 108 Å². The highest BCUT2D eigenvalue weighted by atomic mass is 16.5. The summed E-state index contributed by atoms with van der Waals surface area (Å²) in [4.78, 5) is 22.2. The lowest BCUT2D eigenvalue weighted by atomic mass is 10.3. The molecule has 5 nitrogen and oxygen atoms in total. The fourth-order valence-corrected chi connectivity index (χ4v) is 1.73. The number of anilines is 1. The van der Waals surface area contributed by atoms with E-state index in [-0.39, 0.29) is 12.5 Å². The van der Waals surface area contributed by atoms with Crippen molar-refractivity contribution < 1.29 is 9.53 Å². The molecule has 0 aliphatic rings. The summed E-state index contributed by atoms with van der Waals surface area (Å²) in [7, 11) is 0. The van der Waals surface area contributed by atoms with Crippen LogP contribution in [0.15, 0.2) is 6.07 Å². The average molecular weight is 251 g/mol. The smallest absolute Gasteiger partial charge is 0.325 e. The van der Waals surface area contributed by atoms with Gasteiger partial charge in [0.2, 0.25) is 5.95 Å². The van der Waals surface area contributed by atoms with Crippen molar-refractivity contribution in [3.05, 3.63) is 17.5 Å². The van der Waals surface area contributed by atoms with E-state index in [4.69, 9.17) is 4.74 Å². The first-order chi connectivity index (χ1) is 8.56. The highest BCUT2D eigenvalue weighted by Gasteiger charge is 2.14. The normalized spacial score (nSPS) is 10.2. The van der Waals surface area contributed by atoms with Crippen LogP contribution in [-0.2, 0) is 9.53 Å². The van der Waals surface area contributed by atoms with E-state index in [2.05, 4.69) is 16.9 Å². The maximum Gasteiger partial charge on any atom is 0.325 e. The number of nitrogens with zero attached hydrogens (tertiary/aromatic N) is 3. The van der Waals surface area contributed by atoms with Crippen LogP contribution in [0.1, 0.15) is 31.7 Å². The lowest BCUT2D eigenvalue weighted by molar-refractivity contribution is -0.141. The summed E-state index contributed by atoms with van der Waals surface area (Å²) in [5.74, 6) is 0.358. The molecular formula is C13H21N3O2. The minimum Gasteiger partial charge on any atom is -0.465 e. The van der Waals surface area contributed by atoms with Crippen LogP contribution in [-0.4, -0.2) is 35.6 Å². The molecule has 0 N–H and O–H groups in total. The van der Waals surface area contributed by atoms with Gasteiger partial charge in [-0.05, 0) is 33.3 Å². The lowest BCUT2D eigenvalue weighted by Gasteiger charge is -2.21. The van der Waals surface area contributed by atoms with Gasteiger partial charge in [-0.2, -0.15) is 0 Å². The topological polar surface area (TPSA) is 55.3 Å². The minimum absolute atomic E-state index is 0.199. The van der Waals surface area contributed by atoms with Gasteiger partial charge in [0, 0.05) is 17.9 Å². The Bertz CT molecular complexity index is 387.